The minimum Gasteiger partial charge on any atom is -0.453 e. The van der Waals surface area contributed by atoms with E-state index in [1.54, 1.807) is 32.0 Å². The molecular weight excluding hydrogens is 324 g/mol. The van der Waals surface area contributed by atoms with E-state index in [9.17, 15) is 13.2 Å². The van der Waals surface area contributed by atoms with Gasteiger partial charge in [-0.1, -0.05) is 18.2 Å². The molecule has 10 nitrogen and oxygen atoms in total. The van der Waals surface area contributed by atoms with Crippen molar-refractivity contribution in [2.24, 2.45) is 20.9 Å². The third-order valence-corrected chi connectivity index (χ3v) is 3.47. The van der Waals surface area contributed by atoms with Crippen molar-refractivity contribution in [2.75, 3.05) is 11.8 Å². The van der Waals surface area contributed by atoms with E-state index in [1.807, 2.05) is 5.32 Å². The Bertz CT molecular complexity index is 737. The summed E-state index contributed by atoms with van der Waals surface area (Å²) in [5.41, 5.74) is 12.5. The topological polar surface area (TPSA) is 161 Å². The number of nitrogens with one attached hydrogen (secondary N) is 2. The number of hydrogen-bond donors (Lipinski definition) is 4. The van der Waals surface area contributed by atoms with Crippen LogP contribution in [0.3, 0.4) is 0 Å². The van der Waals surface area contributed by atoms with Crippen LogP contribution in [-0.2, 0) is 14.9 Å². The number of para-hydroxylation sites is 1. The maximum atomic E-state index is 12.0. The van der Waals surface area contributed by atoms with Gasteiger partial charge in [0.1, 0.15) is 0 Å². The quantitative estimate of drug-likeness (QED) is 0.444. The summed E-state index contributed by atoms with van der Waals surface area (Å²) in [4.78, 5) is 14.3. The molecule has 23 heavy (non-hydrogen) atoms. The summed E-state index contributed by atoms with van der Waals surface area (Å²) >= 11 is 0. The molecule has 0 aliphatic rings. The lowest BCUT2D eigenvalue weighted by Crippen LogP contribution is -2.38. The van der Waals surface area contributed by atoms with E-state index in [4.69, 9.17) is 11.5 Å². The van der Waals surface area contributed by atoms with Crippen LogP contribution < -0.4 is 21.5 Å². The highest BCUT2D eigenvalue weighted by atomic mass is 32.2. The van der Waals surface area contributed by atoms with Crippen molar-refractivity contribution in [1.29, 1.82) is 0 Å². The number of anilines is 1. The number of aryl methyl sites for hydroxylation is 2. The van der Waals surface area contributed by atoms with Crippen LogP contribution in [0.2, 0.25) is 0 Å². The number of guanidine groups is 2. The maximum absolute atomic E-state index is 12.0. The van der Waals surface area contributed by atoms with Crippen molar-refractivity contribution in [3.8, 4) is 0 Å². The smallest absolute Gasteiger partial charge is 0.413 e. The molecule has 1 aromatic carbocycles. The molecule has 1 amide bonds. The highest BCUT2D eigenvalue weighted by Gasteiger charge is 2.13. The first kappa shape index (κ1) is 18.2. The largest absolute Gasteiger partial charge is 0.453 e. The molecule has 1 aromatic rings. The Kier molecular flexibility index (Phi) is 5.90. The molecule has 11 heteroatoms. The van der Waals surface area contributed by atoms with Crippen LogP contribution in [0.5, 0.6) is 0 Å². The Morgan fingerprint density at radius 3 is 2.30 bits per heavy atom. The number of rotatable bonds is 3. The predicted octanol–water partition coefficient (Wildman–Crippen LogP) is -0.0545. The maximum Gasteiger partial charge on any atom is 0.413 e. The molecule has 0 heterocycles. The third kappa shape index (κ3) is 5.82. The zero-order valence-corrected chi connectivity index (χ0v) is 13.6. The normalized spacial score (nSPS) is 12.7. The van der Waals surface area contributed by atoms with E-state index in [2.05, 4.69) is 18.8 Å². The number of carbonyl (C=O) groups excluding carboxylic acids is 1. The Hall–Kier alpha value is -2.82. The highest BCUT2D eigenvalue weighted by molar-refractivity contribution is 7.91. The van der Waals surface area contributed by atoms with Gasteiger partial charge >= 0.3 is 16.3 Å². The average molecular weight is 342 g/mol. The average Bonchev–Trinajstić information content (AvgIpc) is 2.41. The minimum absolute atomic E-state index is 0.397. The molecule has 0 fully saturated rings. The molecule has 0 saturated heterocycles. The van der Waals surface area contributed by atoms with Crippen LogP contribution in [0.15, 0.2) is 27.6 Å². The van der Waals surface area contributed by atoms with Crippen molar-refractivity contribution < 1.29 is 17.9 Å². The van der Waals surface area contributed by atoms with Gasteiger partial charge in [0, 0.05) is 0 Å². The van der Waals surface area contributed by atoms with Gasteiger partial charge in [-0.2, -0.15) is 13.4 Å². The van der Waals surface area contributed by atoms with Crippen LogP contribution in [0, 0.1) is 13.8 Å². The number of nitrogens with two attached hydrogens (primary N) is 2. The Morgan fingerprint density at radius 2 is 1.78 bits per heavy atom. The molecule has 0 aromatic heterocycles. The van der Waals surface area contributed by atoms with Crippen LogP contribution in [0.25, 0.3) is 0 Å². The second kappa shape index (κ2) is 7.45. The van der Waals surface area contributed by atoms with Gasteiger partial charge in [-0.3, -0.25) is 10.0 Å². The summed E-state index contributed by atoms with van der Waals surface area (Å²) in [5.74, 6) is -1.11. The van der Waals surface area contributed by atoms with Gasteiger partial charge in [0.25, 0.3) is 0 Å². The molecule has 0 aliphatic carbocycles. The van der Waals surface area contributed by atoms with Crippen LogP contribution in [0.1, 0.15) is 11.1 Å². The minimum atomic E-state index is -4.15. The number of ether oxygens (including phenoxy) is 1. The molecule has 126 valence electrons. The number of hydrogen-bond acceptors (Lipinski definition) is 4. The molecule has 0 atom stereocenters. The number of carbonyl (C=O) groups is 1. The fourth-order valence-electron chi connectivity index (χ4n) is 1.58. The molecule has 0 aliphatic heterocycles. The summed E-state index contributed by atoms with van der Waals surface area (Å²) in [7, 11) is -3.03. The lowest BCUT2D eigenvalue weighted by Gasteiger charge is -2.10. The zero-order chi connectivity index (χ0) is 17.6. The first-order valence-electron chi connectivity index (χ1n) is 6.28. The number of alkyl carbamates (subject to hydrolysis) is 1. The Morgan fingerprint density at radius 1 is 1.22 bits per heavy atom. The number of nitrogens with zero attached hydrogens (tertiary/aromatic N) is 2. The molecular formula is C12H18N6O4S. The second-order valence-electron chi connectivity index (χ2n) is 4.41. The van der Waals surface area contributed by atoms with E-state index in [0.29, 0.717) is 5.69 Å². The fourth-order valence-corrected chi connectivity index (χ4v) is 2.49. The van der Waals surface area contributed by atoms with Crippen molar-refractivity contribution >= 4 is 33.9 Å². The molecule has 0 bridgehead atoms. The summed E-state index contributed by atoms with van der Waals surface area (Å²) in [6.45, 7) is 3.49. The fraction of sp³-hybridized carbons (Fsp3) is 0.250. The van der Waals surface area contributed by atoms with Gasteiger partial charge in [0.15, 0.2) is 0 Å². The first-order valence-corrected chi connectivity index (χ1v) is 7.72. The van der Waals surface area contributed by atoms with Crippen molar-refractivity contribution in [2.45, 2.75) is 13.8 Å². The summed E-state index contributed by atoms with van der Waals surface area (Å²) in [5, 5.41) is 2.00. The molecule has 0 spiro atoms. The number of methoxy groups -OCH3 is 1. The van der Waals surface area contributed by atoms with Crippen molar-refractivity contribution in [3.63, 3.8) is 0 Å². The van der Waals surface area contributed by atoms with Gasteiger partial charge in [-0.05, 0) is 25.0 Å². The van der Waals surface area contributed by atoms with Gasteiger partial charge < -0.3 is 16.2 Å². The Labute approximate surface area is 133 Å². The molecule has 0 radical (unpaired) electrons. The predicted molar refractivity (Wildman–Crippen MR) is 87.2 cm³/mol. The molecule has 1 rings (SSSR count). The SMILES string of the molecule is COC(=O)N/C(N)=N/C(N)=N/S(=O)(=O)Nc1c(C)cccc1C. The first-order chi connectivity index (χ1) is 10.6. The lowest BCUT2D eigenvalue weighted by molar-refractivity contribution is 0.176. The van der Waals surface area contributed by atoms with Crippen LogP contribution in [0.4, 0.5) is 10.5 Å². The molecule has 0 saturated carbocycles. The second-order valence-corrected chi connectivity index (χ2v) is 5.74. The van der Waals surface area contributed by atoms with Gasteiger partial charge in [-0.15, -0.1) is 4.40 Å². The lowest BCUT2D eigenvalue weighted by atomic mass is 10.1. The molecule has 6 N–H and O–H groups in total. The van der Waals surface area contributed by atoms with E-state index in [0.717, 1.165) is 18.2 Å². The van der Waals surface area contributed by atoms with Gasteiger partial charge in [0.2, 0.25) is 11.9 Å². The van der Waals surface area contributed by atoms with E-state index in [-0.39, 0.29) is 0 Å². The van der Waals surface area contributed by atoms with Gasteiger partial charge in [-0.25, -0.2) is 4.79 Å². The number of amides is 1. The number of aliphatic imine (C=N–C) groups is 1. The van der Waals surface area contributed by atoms with E-state index < -0.39 is 28.2 Å². The van der Waals surface area contributed by atoms with Crippen molar-refractivity contribution in [1.82, 2.24) is 5.32 Å². The monoisotopic (exact) mass is 342 g/mol. The Balaban J connectivity index is 2.96. The summed E-state index contributed by atoms with van der Waals surface area (Å²) in [6.07, 6.45) is -0.879. The van der Waals surface area contributed by atoms with Gasteiger partial charge in [0.05, 0.1) is 12.8 Å². The zero-order valence-electron chi connectivity index (χ0n) is 12.8. The standard InChI is InChI=1S/C12H18N6O4S/c1-7-5-4-6-8(2)9(7)17-23(20,21)18-11(14)15-10(13)16-12(19)22-3/h4-6,17H,1-3H3,(H5,13,14,15,16,18,19). The number of benzene rings is 1. The summed E-state index contributed by atoms with van der Waals surface area (Å²) in [6, 6.07) is 5.28. The van der Waals surface area contributed by atoms with Crippen LogP contribution >= 0.6 is 0 Å². The van der Waals surface area contributed by atoms with E-state index in [1.165, 1.54) is 0 Å². The summed E-state index contributed by atoms with van der Waals surface area (Å²) < 4.78 is 33.8. The highest BCUT2D eigenvalue weighted by Crippen LogP contribution is 2.20. The van der Waals surface area contributed by atoms with Crippen LogP contribution in [-0.4, -0.2) is 33.5 Å². The van der Waals surface area contributed by atoms with Crippen molar-refractivity contribution in [3.05, 3.63) is 29.3 Å². The molecule has 0 unspecified atom stereocenters. The van der Waals surface area contributed by atoms with E-state index >= 15 is 0 Å². The third-order valence-electron chi connectivity index (χ3n) is 2.58.